The van der Waals surface area contributed by atoms with Gasteiger partial charge in [0.05, 0.1) is 5.75 Å². The molecule has 0 aliphatic rings. The molecule has 0 spiro atoms. The second-order valence-corrected chi connectivity index (χ2v) is 5.68. The molecule has 0 amide bonds. The summed E-state index contributed by atoms with van der Waals surface area (Å²) < 4.78 is 5.87. The second kappa shape index (κ2) is 5.36. The van der Waals surface area contributed by atoms with Crippen LogP contribution < -0.4 is 11.5 Å². The lowest BCUT2D eigenvalue weighted by molar-refractivity contribution is 0.653. The van der Waals surface area contributed by atoms with E-state index in [-0.39, 0.29) is 11.9 Å². The Morgan fingerprint density at radius 3 is 2.61 bits per heavy atom. The Bertz CT molecular complexity index is 996. The molecule has 8 nitrogen and oxygen atoms in total. The number of aromatic nitrogens is 5. The first-order valence-electron chi connectivity index (χ1n) is 6.71. The molecule has 9 heteroatoms. The van der Waals surface area contributed by atoms with E-state index in [0.717, 1.165) is 16.5 Å². The molecule has 0 aliphatic heterocycles. The fourth-order valence-electron chi connectivity index (χ4n) is 2.26. The third-order valence-electron chi connectivity index (χ3n) is 3.18. The number of thioether (sulfide) groups is 1. The van der Waals surface area contributed by atoms with Crippen LogP contribution in [0.4, 0.5) is 11.9 Å². The van der Waals surface area contributed by atoms with Gasteiger partial charge in [-0.15, -0.1) is 0 Å². The van der Waals surface area contributed by atoms with Gasteiger partial charge in [0.25, 0.3) is 0 Å². The molecular formula is C14H11N7OS. The predicted octanol–water partition coefficient (Wildman–Crippen LogP) is 2.02. The van der Waals surface area contributed by atoms with Crippen LogP contribution in [0.25, 0.3) is 22.1 Å². The molecule has 0 unspecified atom stereocenters. The molecule has 0 radical (unpaired) electrons. The molecule has 0 saturated carbocycles. The van der Waals surface area contributed by atoms with Crippen LogP contribution in [0, 0.1) is 0 Å². The third-order valence-corrected chi connectivity index (χ3v) is 4.15. The summed E-state index contributed by atoms with van der Waals surface area (Å²) in [5.41, 5.74) is 13.4. The van der Waals surface area contributed by atoms with Crippen LogP contribution in [0.3, 0.4) is 0 Å². The quantitative estimate of drug-likeness (QED) is 0.429. The van der Waals surface area contributed by atoms with E-state index in [4.69, 9.17) is 15.9 Å². The van der Waals surface area contributed by atoms with Crippen molar-refractivity contribution in [2.24, 2.45) is 0 Å². The lowest BCUT2D eigenvalue weighted by Crippen LogP contribution is -2.06. The van der Waals surface area contributed by atoms with E-state index in [1.165, 1.54) is 18.1 Å². The van der Waals surface area contributed by atoms with E-state index < -0.39 is 0 Å². The van der Waals surface area contributed by atoms with Gasteiger partial charge in [-0.3, -0.25) is 0 Å². The van der Waals surface area contributed by atoms with Gasteiger partial charge < -0.3 is 15.9 Å². The highest BCUT2D eigenvalue weighted by Crippen LogP contribution is 2.33. The van der Waals surface area contributed by atoms with E-state index in [1.807, 2.05) is 24.3 Å². The van der Waals surface area contributed by atoms with Gasteiger partial charge >= 0.3 is 0 Å². The fraction of sp³-hybridized carbons (Fsp3) is 0.0714. The second-order valence-electron chi connectivity index (χ2n) is 4.71. The van der Waals surface area contributed by atoms with Crippen molar-refractivity contribution in [3.63, 3.8) is 0 Å². The molecule has 0 atom stereocenters. The number of nitrogen functional groups attached to an aromatic ring is 2. The van der Waals surface area contributed by atoms with Crippen LogP contribution in [0.5, 0.6) is 0 Å². The summed E-state index contributed by atoms with van der Waals surface area (Å²) in [5.74, 6) is 1.14. The van der Waals surface area contributed by atoms with Crippen LogP contribution in [0.1, 0.15) is 5.82 Å². The number of nitrogens with two attached hydrogens (primary N) is 2. The number of fused-ring (bicyclic) bond motifs is 3. The summed E-state index contributed by atoms with van der Waals surface area (Å²) in [5, 5.41) is 1.67. The van der Waals surface area contributed by atoms with Crippen molar-refractivity contribution in [3.8, 4) is 0 Å². The summed E-state index contributed by atoms with van der Waals surface area (Å²) in [4.78, 5) is 20.5. The molecule has 0 bridgehead atoms. The molecule has 3 heterocycles. The van der Waals surface area contributed by atoms with E-state index >= 15 is 0 Å². The monoisotopic (exact) mass is 325 g/mol. The van der Waals surface area contributed by atoms with E-state index in [1.54, 1.807) is 0 Å². The van der Waals surface area contributed by atoms with Crippen molar-refractivity contribution in [2.45, 2.75) is 10.8 Å². The molecule has 4 rings (SSSR count). The van der Waals surface area contributed by atoms with Crippen molar-refractivity contribution in [1.82, 2.24) is 24.9 Å². The molecule has 0 aliphatic carbocycles. The first-order valence-corrected chi connectivity index (χ1v) is 7.70. The maximum atomic E-state index is 5.87. The Labute approximate surface area is 134 Å². The van der Waals surface area contributed by atoms with Crippen molar-refractivity contribution in [1.29, 1.82) is 0 Å². The molecule has 4 aromatic rings. The average molecular weight is 325 g/mol. The van der Waals surface area contributed by atoms with Gasteiger partial charge in [-0.1, -0.05) is 23.9 Å². The topological polar surface area (TPSA) is 130 Å². The minimum atomic E-state index is 0.102. The normalized spacial score (nSPS) is 11.3. The van der Waals surface area contributed by atoms with Crippen molar-refractivity contribution in [2.75, 3.05) is 11.5 Å². The van der Waals surface area contributed by atoms with Gasteiger partial charge in [-0.05, 0) is 12.1 Å². The standard InChI is InChI=1S/C14H11N7OS/c15-13-19-9(20-14(16)21-13)5-23-12-11-10(17-6-18-12)7-3-1-2-4-8(7)22-11/h1-4,6H,5H2,(H4,15,16,19,20,21). The zero-order valence-electron chi connectivity index (χ0n) is 11.8. The zero-order chi connectivity index (χ0) is 15.8. The highest BCUT2D eigenvalue weighted by Gasteiger charge is 2.14. The molecule has 23 heavy (non-hydrogen) atoms. The lowest BCUT2D eigenvalue weighted by Gasteiger charge is -2.02. The van der Waals surface area contributed by atoms with E-state index in [2.05, 4.69) is 24.9 Å². The summed E-state index contributed by atoms with van der Waals surface area (Å²) in [6, 6.07) is 7.73. The van der Waals surface area contributed by atoms with Crippen LogP contribution in [-0.2, 0) is 5.75 Å². The van der Waals surface area contributed by atoms with Crippen LogP contribution >= 0.6 is 11.8 Å². The van der Waals surface area contributed by atoms with Crippen LogP contribution in [0.2, 0.25) is 0 Å². The molecule has 0 saturated heterocycles. The Morgan fingerprint density at radius 1 is 1.00 bits per heavy atom. The smallest absolute Gasteiger partial charge is 0.225 e. The summed E-state index contributed by atoms with van der Waals surface area (Å²) in [6.07, 6.45) is 1.52. The van der Waals surface area contributed by atoms with Gasteiger partial charge in [-0.2, -0.15) is 15.0 Å². The molecule has 4 N–H and O–H groups in total. The van der Waals surface area contributed by atoms with Crippen molar-refractivity contribution < 1.29 is 4.42 Å². The molecule has 114 valence electrons. The maximum Gasteiger partial charge on any atom is 0.225 e. The SMILES string of the molecule is Nc1nc(N)nc(CSc2ncnc3c2oc2ccccc23)n1. The Kier molecular flexibility index (Phi) is 3.19. The molecule has 1 aromatic carbocycles. The van der Waals surface area contributed by atoms with Crippen LogP contribution in [-0.4, -0.2) is 24.9 Å². The van der Waals surface area contributed by atoms with Crippen LogP contribution in [0.15, 0.2) is 40.0 Å². The van der Waals surface area contributed by atoms with Gasteiger partial charge in [0.2, 0.25) is 11.9 Å². The van der Waals surface area contributed by atoms with Crippen molar-refractivity contribution in [3.05, 3.63) is 36.4 Å². The molecular weight excluding hydrogens is 314 g/mol. The van der Waals surface area contributed by atoms with E-state index in [9.17, 15) is 0 Å². The number of anilines is 2. The summed E-state index contributed by atoms with van der Waals surface area (Å²) in [6.45, 7) is 0. The minimum Gasteiger partial charge on any atom is -0.451 e. The van der Waals surface area contributed by atoms with Gasteiger partial charge in [-0.25, -0.2) is 9.97 Å². The third kappa shape index (κ3) is 2.50. The number of furan rings is 1. The molecule has 0 fully saturated rings. The maximum absolute atomic E-state index is 5.87. The van der Waals surface area contributed by atoms with Gasteiger partial charge in [0, 0.05) is 5.39 Å². The minimum absolute atomic E-state index is 0.102. The van der Waals surface area contributed by atoms with Gasteiger partial charge in [0.15, 0.2) is 5.58 Å². The summed E-state index contributed by atoms with van der Waals surface area (Å²) in [7, 11) is 0. The molecule has 3 aromatic heterocycles. The number of rotatable bonds is 3. The van der Waals surface area contributed by atoms with Gasteiger partial charge in [0.1, 0.15) is 28.3 Å². The van der Waals surface area contributed by atoms with E-state index in [0.29, 0.717) is 22.2 Å². The highest BCUT2D eigenvalue weighted by molar-refractivity contribution is 7.98. The van der Waals surface area contributed by atoms with Crippen molar-refractivity contribution >= 4 is 45.7 Å². The Hall–Kier alpha value is -2.94. The largest absolute Gasteiger partial charge is 0.451 e. The predicted molar refractivity (Wildman–Crippen MR) is 87.5 cm³/mol. The number of hydrogen-bond acceptors (Lipinski definition) is 9. The zero-order valence-corrected chi connectivity index (χ0v) is 12.6. The number of benzene rings is 1. The fourth-order valence-corrected chi connectivity index (χ4v) is 3.05. The Morgan fingerprint density at radius 2 is 1.78 bits per heavy atom. The first-order chi connectivity index (χ1) is 11.2. The number of nitrogens with zero attached hydrogens (tertiary/aromatic N) is 5. The summed E-state index contributed by atoms with van der Waals surface area (Å²) >= 11 is 1.43. The number of hydrogen-bond donors (Lipinski definition) is 2. The highest BCUT2D eigenvalue weighted by atomic mass is 32.2. The average Bonchev–Trinajstić information content (AvgIpc) is 2.91. The Balaban J connectivity index is 1.71. The number of para-hydroxylation sites is 1. The lowest BCUT2D eigenvalue weighted by atomic mass is 10.2. The first kappa shape index (κ1) is 13.7.